The molecule has 6 nitrogen and oxygen atoms in total. The maximum Gasteiger partial charge on any atom is 0.131 e. The van der Waals surface area contributed by atoms with Crippen molar-refractivity contribution < 1.29 is 4.74 Å². The third-order valence-corrected chi connectivity index (χ3v) is 2.53. The summed E-state index contributed by atoms with van der Waals surface area (Å²) >= 11 is 0. The highest BCUT2D eigenvalue weighted by Gasteiger charge is 2.09. The molecule has 0 aliphatic carbocycles. The van der Waals surface area contributed by atoms with Gasteiger partial charge in [0, 0.05) is 32.2 Å². The van der Waals surface area contributed by atoms with Crippen LogP contribution >= 0.6 is 0 Å². The molecule has 2 rings (SSSR count). The van der Waals surface area contributed by atoms with Gasteiger partial charge in [-0.05, 0) is 0 Å². The summed E-state index contributed by atoms with van der Waals surface area (Å²) < 4.78 is 5.28. The zero-order chi connectivity index (χ0) is 11.2. The van der Waals surface area contributed by atoms with Crippen LogP contribution in [0.25, 0.3) is 0 Å². The Hall–Kier alpha value is -1.40. The Morgan fingerprint density at radius 2 is 2.19 bits per heavy atom. The van der Waals surface area contributed by atoms with E-state index >= 15 is 0 Å². The number of rotatable bonds is 4. The first-order valence-electron chi connectivity index (χ1n) is 5.46. The van der Waals surface area contributed by atoms with Gasteiger partial charge >= 0.3 is 0 Å². The largest absolute Gasteiger partial charge is 0.384 e. The van der Waals surface area contributed by atoms with E-state index in [0.717, 1.165) is 45.2 Å². The molecule has 0 atom stereocenters. The zero-order valence-electron chi connectivity index (χ0n) is 9.22. The van der Waals surface area contributed by atoms with Gasteiger partial charge in [0.2, 0.25) is 0 Å². The van der Waals surface area contributed by atoms with Gasteiger partial charge in [0.15, 0.2) is 0 Å². The Morgan fingerprint density at radius 1 is 1.38 bits per heavy atom. The van der Waals surface area contributed by atoms with E-state index in [9.17, 15) is 0 Å². The SMILES string of the molecule is Nc1cc(NCCN2CCOCC2)ncn1. The standard InChI is InChI=1S/C10H17N5O/c11-9-7-10(14-8-13-9)12-1-2-15-3-5-16-6-4-15/h7-8H,1-6H2,(H3,11,12,13,14). The molecule has 1 fully saturated rings. The Morgan fingerprint density at radius 3 is 2.94 bits per heavy atom. The van der Waals surface area contributed by atoms with Crippen LogP contribution in [0.1, 0.15) is 0 Å². The molecule has 0 amide bonds. The molecule has 88 valence electrons. The fourth-order valence-corrected chi connectivity index (χ4v) is 1.64. The monoisotopic (exact) mass is 223 g/mol. The second-order valence-corrected chi connectivity index (χ2v) is 3.71. The highest BCUT2D eigenvalue weighted by Crippen LogP contribution is 2.04. The lowest BCUT2D eigenvalue weighted by Gasteiger charge is -2.26. The molecule has 0 spiro atoms. The average Bonchev–Trinajstić information content (AvgIpc) is 2.30. The van der Waals surface area contributed by atoms with Crippen LogP contribution in [-0.4, -0.2) is 54.3 Å². The summed E-state index contributed by atoms with van der Waals surface area (Å²) in [6.07, 6.45) is 1.46. The number of nitrogens with two attached hydrogens (primary N) is 1. The number of nitrogens with zero attached hydrogens (tertiary/aromatic N) is 3. The van der Waals surface area contributed by atoms with Crippen LogP contribution in [0.3, 0.4) is 0 Å². The molecule has 0 unspecified atom stereocenters. The summed E-state index contributed by atoms with van der Waals surface area (Å²) in [5, 5.41) is 3.22. The van der Waals surface area contributed by atoms with E-state index in [-0.39, 0.29) is 0 Å². The minimum Gasteiger partial charge on any atom is -0.384 e. The Labute approximate surface area is 94.8 Å². The lowest BCUT2D eigenvalue weighted by atomic mass is 10.4. The Bertz CT molecular complexity index is 327. The van der Waals surface area contributed by atoms with Crippen molar-refractivity contribution in [2.24, 2.45) is 0 Å². The quantitative estimate of drug-likeness (QED) is 0.736. The van der Waals surface area contributed by atoms with Crippen LogP contribution in [0.5, 0.6) is 0 Å². The highest BCUT2D eigenvalue weighted by molar-refractivity contribution is 5.43. The predicted molar refractivity (Wildman–Crippen MR) is 62.2 cm³/mol. The van der Waals surface area contributed by atoms with Gasteiger partial charge < -0.3 is 15.8 Å². The molecule has 16 heavy (non-hydrogen) atoms. The number of nitrogens with one attached hydrogen (secondary N) is 1. The van der Waals surface area contributed by atoms with Gasteiger partial charge in [-0.2, -0.15) is 0 Å². The van der Waals surface area contributed by atoms with E-state index in [4.69, 9.17) is 10.5 Å². The summed E-state index contributed by atoms with van der Waals surface area (Å²) in [7, 11) is 0. The lowest BCUT2D eigenvalue weighted by molar-refractivity contribution is 0.0398. The summed E-state index contributed by atoms with van der Waals surface area (Å²) in [5.74, 6) is 1.27. The second kappa shape index (κ2) is 5.62. The van der Waals surface area contributed by atoms with Crippen molar-refractivity contribution >= 4 is 11.6 Å². The van der Waals surface area contributed by atoms with E-state index in [1.165, 1.54) is 6.33 Å². The number of anilines is 2. The van der Waals surface area contributed by atoms with E-state index in [1.54, 1.807) is 6.07 Å². The van der Waals surface area contributed by atoms with Crippen molar-refractivity contribution in [2.45, 2.75) is 0 Å². The topological polar surface area (TPSA) is 76.3 Å². The van der Waals surface area contributed by atoms with Gasteiger partial charge in [-0.15, -0.1) is 0 Å². The first-order chi connectivity index (χ1) is 7.84. The van der Waals surface area contributed by atoms with E-state index in [1.807, 2.05) is 0 Å². The maximum absolute atomic E-state index is 5.56. The molecule has 0 bridgehead atoms. The molecule has 0 aromatic carbocycles. The molecule has 1 aromatic rings. The number of ether oxygens (including phenoxy) is 1. The molecule has 6 heteroatoms. The summed E-state index contributed by atoms with van der Waals surface area (Å²) in [5.41, 5.74) is 5.56. The fraction of sp³-hybridized carbons (Fsp3) is 0.600. The minimum atomic E-state index is 0.490. The maximum atomic E-state index is 5.56. The molecule has 0 radical (unpaired) electrons. The smallest absolute Gasteiger partial charge is 0.131 e. The van der Waals surface area contributed by atoms with E-state index < -0.39 is 0 Å². The van der Waals surface area contributed by atoms with Crippen LogP contribution in [-0.2, 0) is 4.74 Å². The highest BCUT2D eigenvalue weighted by atomic mass is 16.5. The third kappa shape index (κ3) is 3.32. The minimum absolute atomic E-state index is 0.490. The van der Waals surface area contributed by atoms with Crippen molar-refractivity contribution in [3.8, 4) is 0 Å². The van der Waals surface area contributed by atoms with Gasteiger partial charge in [-0.25, -0.2) is 9.97 Å². The van der Waals surface area contributed by atoms with Gasteiger partial charge in [0.1, 0.15) is 18.0 Å². The molecular weight excluding hydrogens is 206 g/mol. The fourth-order valence-electron chi connectivity index (χ4n) is 1.64. The molecule has 1 aromatic heterocycles. The number of hydrogen-bond donors (Lipinski definition) is 2. The van der Waals surface area contributed by atoms with Crippen molar-refractivity contribution in [3.05, 3.63) is 12.4 Å². The van der Waals surface area contributed by atoms with Crippen molar-refractivity contribution in [1.29, 1.82) is 0 Å². The predicted octanol–water partition coefficient (Wildman–Crippen LogP) is -0.197. The first-order valence-corrected chi connectivity index (χ1v) is 5.46. The molecule has 1 saturated heterocycles. The molecule has 1 aliphatic heterocycles. The summed E-state index contributed by atoms with van der Waals surface area (Å²) in [6, 6.07) is 1.74. The van der Waals surface area contributed by atoms with Crippen LogP contribution in [0.2, 0.25) is 0 Å². The van der Waals surface area contributed by atoms with Gasteiger partial charge in [-0.3, -0.25) is 4.90 Å². The number of hydrogen-bond acceptors (Lipinski definition) is 6. The van der Waals surface area contributed by atoms with Crippen LogP contribution in [0, 0.1) is 0 Å². The molecule has 3 N–H and O–H groups in total. The van der Waals surface area contributed by atoms with Crippen LogP contribution in [0.15, 0.2) is 12.4 Å². The molecule has 0 saturated carbocycles. The number of morpholine rings is 1. The first kappa shape index (κ1) is 11.1. The lowest BCUT2D eigenvalue weighted by Crippen LogP contribution is -2.39. The normalized spacial score (nSPS) is 17.2. The van der Waals surface area contributed by atoms with Crippen molar-refractivity contribution in [3.63, 3.8) is 0 Å². The van der Waals surface area contributed by atoms with Crippen molar-refractivity contribution in [1.82, 2.24) is 14.9 Å². The number of aromatic nitrogens is 2. The van der Waals surface area contributed by atoms with Crippen LogP contribution in [0.4, 0.5) is 11.6 Å². The zero-order valence-corrected chi connectivity index (χ0v) is 9.22. The van der Waals surface area contributed by atoms with E-state index in [2.05, 4.69) is 20.2 Å². The Balaban J connectivity index is 1.71. The Kier molecular flexibility index (Phi) is 3.90. The molecule has 2 heterocycles. The van der Waals surface area contributed by atoms with Crippen LogP contribution < -0.4 is 11.1 Å². The van der Waals surface area contributed by atoms with Gasteiger partial charge in [0.05, 0.1) is 13.2 Å². The number of nitrogen functional groups attached to an aromatic ring is 1. The summed E-state index contributed by atoms with van der Waals surface area (Å²) in [4.78, 5) is 10.3. The summed E-state index contributed by atoms with van der Waals surface area (Å²) in [6.45, 7) is 5.53. The average molecular weight is 223 g/mol. The van der Waals surface area contributed by atoms with E-state index in [0.29, 0.717) is 5.82 Å². The van der Waals surface area contributed by atoms with Crippen molar-refractivity contribution in [2.75, 3.05) is 50.4 Å². The van der Waals surface area contributed by atoms with Gasteiger partial charge in [0.25, 0.3) is 0 Å². The third-order valence-electron chi connectivity index (χ3n) is 2.53. The second-order valence-electron chi connectivity index (χ2n) is 3.71. The molecular formula is C10H17N5O. The molecule has 1 aliphatic rings. The van der Waals surface area contributed by atoms with Gasteiger partial charge in [-0.1, -0.05) is 0 Å².